The zero-order valence-electron chi connectivity index (χ0n) is 23.5. The lowest BCUT2D eigenvalue weighted by molar-refractivity contribution is -0.142. The number of aliphatic hydroxyl groups excluding tert-OH is 2. The van der Waals surface area contributed by atoms with Crippen LogP contribution in [0.2, 0.25) is 0 Å². The smallest absolute Gasteiger partial charge is 0.243 e. The number of sulfonamides is 1. The third-order valence-electron chi connectivity index (χ3n) is 8.04. The zero-order chi connectivity index (χ0) is 29.3. The van der Waals surface area contributed by atoms with Crippen LogP contribution in [0.15, 0.2) is 29.2 Å². The van der Waals surface area contributed by atoms with Gasteiger partial charge in [-0.2, -0.15) is 4.31 Å². The molecule has 2 aliphatic rings. The molecule has 4 atom stereocenters. The molecule has 1 saturated heterocycles. The molecule has 1 aliphatic heterocycles. The van der Waals surface area contributed by atoms with E-state index in [0.29, 0.717) is 44.7 Å². The average molecular weight is 583 g/mol. The van der Waals surface area contributed by atoms with Gasteiger partial charge in [0.15, 0.2) is 0 Å². The molecular weight excluding hydrogens is 536 g/mol. The Kier molecular flexibility index (Phi) is 12.3. The summed E-state index contributed by atoms with van der Waals surface area (Å²) >= 11 is 0. The molecule has 11 nitrogen and oxygen atoms in total. The molecule has 0 bridgehead atoms. The molecule has 2 amide bonds. The molecule has 3 unspecified atom stereocenters. The molecule has 12 heteroatoms. The topological polar surface area (TPSA) is 176 Å². The standard InChI is InChI=1S/C28H46N4O7S/c1-2-22(33)18-26(34)25(17-20-6-4-3-5-7-20)32(19-27(30)35)28(36)24(29)16-21-8-10-23(11-9-21)40(37,38)31-12-14-39-15-13-31/h8-11,20,22,24-26,33-34H,2-7,12-19,29H2,1H3,(H2,30,35)/t22?,24-,25?,26?/m0/s1. The number of aliphatic hydroxyl groups is 2. The molecule has 1 heterocycles. The summed E-state index contributed by atoms with van der Waals surface area (Å²) in [5.74, 6) is -0.947. The Labute approximate surface area is 237 Å². The van der Waals surface area contributed by atoms with E-state index in [4.69, 9.17) is 16.2 Å². The number of hydrogen-bond acceptors (Lipinski definition) is 8. The minimum atomic E-state index is -3.65. The van der Waals surface area contributed by atoms with Gasteiger partial charge in [-0.25, -0.2) is 8.42 Å². The van der Waals surface area contributed by atoms with Crippen LogP contribution < -0.4 is 11.5 Å². The number of nitrogens with zero attached hydrogens (tertiary/aromatic N) is 2. The predicted octanol–water partition coefficient (Wildman–Crippen LogP) is 0.752. The molecule has 0 spiro atoms. The van der Waals surface area contributed by atoms with E-state index in [9.17, 15) is 28.2 Å². The average Bonchev–Trinajstić information content (AvgIpc) is 2.95. The van der Waals surface area contributed by atoms with E-state index in [1.807, 2.05) is 6.92 Å². The predicted molar refractivity (Wildman–Crippen MR) is 151 cm³/mol. The number of amides is 2. The van der Waals surface area contributed by atoms with Crippen molar-refractivity contribution in [2.24, 2.45) is 17.4 Å². The molecule has 6 N–H and O–H groups in total. The largest absolute Gasteiger partial charge is 0.393 e. The van der Waals surface area contributed by atoms with Crippen molar-refractivity contribution in [1.29, 1.82) is 0 Å². The van der Waals surface area contributed by atoms with Gasteiger partial charge in [0.05, 0.1) is 48.9 Å². The van der Waals surface area contributed by atoms with Gasteiger partial charge in [-0.05, 0) is 42.9 Å². The molecule has 0 radical (unpaired) electrons. The summed E-state index contributed by atoms with van der Waals surface area (Å²) in [5.41, 5.74) is 12.5. The number of rotatable bonds is 14. The van der Waals surface area contributed by atoms with Gasteiger partial charge >= 0.3 is 0 Å². The van der Waals surface area contributed by atoms with Crippen LogP contribution >= 0.6 is 0 Å². The van der Waals surface area contributed by atoms with Gasteiger partial charge < -0.3 is 31.3 Å². The van der Waals surface area contributed by atoms with Crippen LogP contribution in [0, 0.1) is 5.92 Å². The molecule has 2 fully saturated rings. The molecule has 40 heavy (non-hydrogen) atoms. The van der Waals surface area contributed by atoms with Crippen LogP contribution in [-0.2, 0) is 30.8 Å². The van der Waals surface area contributed by atoms with E-state index < -0.39 is 46.1 Å². The van der Waals surface area contributed by atoms with Crippen molar-refractivity contribution in [1.82, 2.24) is 9.21 Å². The Balaban J connectivity index is 1.76. The van der Waals surface area contributed by atoms with Crippen LogP contribution in [0.3, 0.4) is 0 Å². The summed E-state index contributed by atoms with van der Waals surface area (Å²) in [5, 5.41) is 21.4. The van der Waals surface area contributed by atoms with Gasteiger partial charge in [-0.3, -0.25) is 9.59 Å². The van der Waals surface area contributed by atoms with Gasteiger partial charge in [-0.1, -0.05) is 51.2 Å². The number of carbonyl (C=O) groups is 2. The first-order valence-electron chi connectivity index (χ1n) is 14.4. The van der Waals surface area contributed by atoms with Gasteiger partial charge in [0.25, 0.3) is 0 Å². The molecule has 1 aliphatic carbocycles. The maximum atomic E-state index is 13.7. The highest BCUT2D eigenvalue weighted by atomic mass is 32.2. The van der Waals surface area contributed by atoms with Gasteiger partial charge in [0.2, 0.25) is 21.8 Å². The van der Waals surface area contributed by atoms with Crippen molar-refractivity contribution in [3.8, 4) is 0 Å². The van der Waals surface area contributed by atoms with Crippen molar-refractivity contribution in [3.05, 3.63) is 29.8 Å². The maximum Gasteiger partial charge on any atom is 0.243 e. The van der Waals surface area contributed by atoms with Crippen molar-refractivity contribution < 1.29 is 33.0 Å². The van der Waals surface area contributed by atoms with Crippen molar-refractivity contribution in [3.63, 3.8) is 0 Å². The molecule has 226 valence electrons. The lowest BCUT2D eigenvalue weighted by Gasteiger charge is -2.39. The van der Waals surface area contributed by atoms with E-state index in [1.54, 1.807) is 12.1 Å². The fraction of sp³-hybridized carbons (Fsp3) is 0.714. The van der Waals surface area contributed by atoms with E-state index >= 15 is 0 Å². The Morgan fingerprint density at radius 2 is 1.73 bits per heavy atom. The number of ether oxygens (including phenoxy) is 1. The normalized spacial score (nSPS) is 20.4. The van der Waals surface area contributed by atoms with Crippen LogP contribution in [-0.4, -0.2) is 96.8 Å². The lowest BCUT2D eigenvalue weighted by Crippen LogP contribution is -2.56. The number of carbonyl (C=O) groups excluding carboxylic acids is 2. The highest BCUT2D eigenvalue weighted by Crippen LogP contribution is 2.31. The van der Waals surface area contributed by atoms with Crippen LogP contribution in [0.5, 0.6) is 0 Å². The Morgan fingerprint density at radius 1 is 1.10 bits per heavy atom. The number of morpholine rings is 1. The number of primary amides is 1. The molecule has 3 rings (SSSR count). The summed E-state index contributed by atoms with van der Waals surface area (Å²) in [6, 6.07) is 4.51. The third-order valence-corrected chi connectivity index (χ3v) is 9.95. The minimum Gasteiger partial charge on any atom is -0.393 e. The second-order valence-electron chi connectivity index (χ2n) is 11.1. The molecular formula is C28H46N4O7S. The second kappa shape index (κ2) is 15.2. The van der Waals surface area contributed by atoms with E-state index in [1.165, 1.54) is 21.3 Å². The van der Waals surface area contributed by atoms with E-state index in [0.717, 1.165) is 32.1 Å². The maximum absolute atomic E-state index is 13.7. The van der Waals surface area contributed by atoms with E-state index in [-0.39, 0.29) is 30.2 Å². The highest BCUT2D eigenvalue weighted by molar-refractivity contribution is 7.89. The van der Waals surface area contributed by atoms with Gasteiger partial charge in [0, 0.05) is 19.5 Å². The summed E-state index contributed by atoms with van der Waals surface area (Å²) in [4.78, 5) is 27.2. The molecule has 0 aromatic heterocycles. The van der Waals surface area contributed by atoms with Gasteiger partial charge in [-0.15, -0.1) is 0 Å². The summed E-state index contributed by atoms with van der Waals surface area (Å²) < 4.78 is 32.5. The first-order chi connectivity index (χ1) is 19.0. The van der Waals surface area contributed by atoms with Crippen molar-refractivity contribution in [2.75, 3.05) is 32.8 Å². The SMILES string of the molecule is CCC(O)CC(O)C(CC1CCCCC1)N(CC(N)=O)C(=O)[C@@H](N)Cc1ccc(S(=O)(=O)N2CCOCC2)cc1. The van der Waals surface area contributed by atoms with Crippen molar-refractivity contribution >= 4 is 21.8 Å². The van der Waals surface area contributed by atoms with E-state index in [2.05, 4.69) is 0 Å². The summed E-state index contributed by atoms with van der Waals surface area (Å²) in [7, 11) is -3.65. The van der Waals surface area contributed by atoms with Crippen LogP contribution in [0.1, 0.15) is 63.9 Å². The highest BCUT2D eigenvalue weighted by Gasteiger charge is 2.36. The lowest BCUT2D eigenvalue weighted by atomic mass is 9.82. The number of nitrogens with two attached hydrogens (primary N) is 2. The Morgan fingerprint density at radius 3 is 2.30 bits per heavy atom. The Hall–Kier alpha value is -2.09. The monoisotopic (exact) mass is 582 g/mol. The van der Waals surface area contributed by atoms with Crippen LogP contribution in [0.25, 0.3) is 0 Å². The first-order valence-corrected chi connectivity index (χ1v) is 15.8. The summed E-state index contributed by atoms with van der Waals surface area (Å²) in [6.45, 7) is 2.71. The van der Waals surface area contributed by atoms with Gasteiger partial charge in [0.1, 0.15) is 0 Å². The third kappa shape index (κ3) is 8.95. The fourth-order valence-corrected chi connectivity index (χ4v) is 7.08. The fourth-order valence-electron chi connectivity index (χ4n) is 5.67. The quantitative estimate of drug-likeness (QED) is 0.248. The Bertz CT molecular complexity index is 1060. The molecule has 1 aromatic rings. The number of hydrogen-bond donors (Lipinski definition) is 4. The van der Waals surface area contributed by atoms with Crippen molar-refractivity contribution in [2.45, 2.75) is 93.9 Å². The minimum absolute atomic E-state index is 0.0742. The molecule has 1 aromatic carbocycles. The van der Waals surface area contributed by atoms with Crippen LogP contribution in [0.4, 0.5) is 0 Å². The molecule has 1 saturated carbocycles. The second-order valence-corrected chi connectivity index (χ2v) is 13.0. The first kappa shape index (κ1) is 32.4. The summed E-state index contributed by atoms with van der Waals surface area (Å²) in [6.07, 6.45) is 4.60. The zero-order valence-corrected chi connectivity index (χ0v) is 24.3. The number of benzene rings is 1.